The topological polar surface area (TPSA) is 83.8 Å². The third kappa shape index (κ3) is 4.12. The lowest BCUT2D eigenvalue weighted by molar-refractivity contribution is -0.385. The molecule has 0 radical (unpaired) electrons. The second-order valence-corrected chi connectivity index (χ2v) is 8.82. The van der Waals surface area contributed by atoms with E-state index in [0.29, 0.717) is 26.2 Å². The summed E-state index contributed by atoms with van der Waals surface area (Å²) in [6.07, 6.45) is 0. The summed E-state index contributed by atoms with van der Waals surface area (Å²) in [6, 6.07) is 13.1. The van der Waals surface area contributed by atoms with Gasteiger partial charge in [-0.1, -0.05) is 40.2 Å². The summed E-state index contributed by atoms with van der Waals surface area (Å²) < 4.78 is 27.9. The maximum absolute atomic E-state index is 12.8. The molecule has 0 unspecified atom stereocenters. The Balaban J connectivity index is 1.68. The Morgan fingerprint density at radius 3 is 2.38 bits per heavy atom. The van der Waals surface area contributed by atoms with Crippen molar-refractivity contribution >= 4 is 31.6 Å². The number of nitrogens with zero attached hydrogens (tertiary/aromatic N) is 3. The first-order valence-corrected chi connectivity index (χ1v) is 10.3. The minimum atomic E-state index is -3.73. The Bertz CT molecular complexity index is 912. The molecule has 26 heavy (non-hydrogen) atoms. The van der Waals surface area contributed by atoms with Gasteiger partial charge in [-0.3, -0.25) is 15.0 Å². The zero-order valence-corrected chi connectivity index (χ0v) is 16.3. The molecule has 1 aliphatic rings. The minimum absolute atomic E-state index is 0.0362. The van der Waals surface area contributed by atoms with Gasteiger partial charge >= 0.3 is 0 Å². The summed E-state index contributed by atoms with van der Waals surface area (Å²) in [5.41, 5.74) is 0.932. The standard InChI is InChI=1S/C17H18BrN3O4S/c18-17-7-2-1-4-14(17)13-19-8-10-20(11-9-19)26(24,25)16-6-3-5-15(12-16)21(22)23/h1-7,12H,8-11,13H2. The molecule has 0 saturated carbocycles. The molecule has 1 aliphatic heterocycles. The van der Waals surface area contributed by atoms with Crippen LogP contribution in [0.4, 0.5) is 5.69 Å². The maximum Gasteiger partial charge on any atom is 0.270 e. The van der Waals surface area contributed by atoms with Crippen molar-refractivity contribution in [2.75, 3.05) is 26.2 Å². The third-order valence-corrected chi connectivity index (χ3v) is 7.02. The van der Waals surface area contributed by atoms with E-state index in [1.165, 1.54) is 22.5 Å². The van der Waals surface area contributed by atoms with Gasteiger partial charge in [-0.05, 0) is 17.7 Å². The molecule has 7 nitrogen and oxygen atoms in total. The lowest BCUT2D eigenvalue weighted by atomic mass is 10.2. The van der Waals surface area contributed by atoms with E-state index in [2.05, 4.69) is 20.8 Å². The van der Waals surface area contributed by atoms with E-state index < -0.39 is 14.9 Å². The summed E-state index contributed by atoms with van der Waals surface area (Å²) >= 11 is 3.53. The number of hydrogen-bond donors (Lipinski definition) is 0. The molecular weight excluding hydrogens is 422 g/mol. The highest BCUT2D eigenvalue weighted by molar-refractivity contribution is 9.10. The Labute approximate surface area is 160 Å². The molecule has 0 amide bonds. The highest BCUT2D eigenvalue weighted by Crippen LogP contribution is 2.23. The number of halogens is 1. The smallest absolute Gasteiger partial charge is 0.270 e. The Kier molecular flexibility index (Phi) is 5.71. The highest BCUT2D eigenvalue weighted by atomic mass is 79.9. The first-order valence-electron chi connectivity index (χ1n) is 8.08. The van der Waals surface area contributed by atoms with Crippen LogP contribution in [0.2, 0.25) is 0 Å². The molecule has 1 fully saturated rings. The Morgan fingerprint density at radius 2 is 1.73 bits per heavy atom. The van der Waals surface area contributed by atoms with Crippen LogP contribution in [0.1, 0.15) is 5.56 Å². The summed E-state index contributed by atoms with van der Waals surface area (Å²) in [5, 5.41) is 10.9. The molecule has 0 aromatic heterocycles. The van der Waals surface area contributed by atoms with Crippen LogP contribution in [0.5, 0.6) is 0 Å². The van der Waals surface area contributed by atoms with Gasteiger partial charge in [0.2, 0.25) is 10.0 Å². The Morgan fingerprint density at radius 1 is 1.04 bits per heavy atom. The monoisotopic (exact) mass is 439 g/mol. The molecule has 0 N–H and O–H groups in total. The van der Waals surface area contributed by atoms with E-state index in [1.807, 2.05) is 24.3 Å². The van der Waals surface area contributed by atoms with Crippen molar-refractivity contribution < 1.29 is 13.3 Å². The second-order valence-electron chi connectivity index (χ2n) is 6.03. The van der Waals surface area contributed by atoms with Gasteiger partial charge in [0.25, 0.3) is 5.69 Å². The number of sulfonamides is 1. The zero-order valence-electron chi connectivity index (χ0n) is 13.9. The fraction of sp³-hybridized carbons (Fsp3) is 0.294. The van der Waals surface area contributed by atoms with Crippen molar-refractivity contribution in [2.24, 2.45) is 0 Å². The summed E-state index contributed by atoms with van der Waals surface area (Å²) in [7, 11) is -3.73. The van der Waals surface area contributed by atoms with Crippen LogP contribution < -0.4 is 0 Å². The number of benzene rings is 2. The molecule has 2 aromatic carbocycles. The van der Waals surface area contributed by atoms with E-state index in [-0.39, 0.29) is 10.6 Å². The molecular formula is C17H18BrN3O4S. The number of nitro groups is 1. The molecule has 0 spiro atoms. The van der Waals surface area contributed by atoms with Crippen LogP contribution in [0.25, 0.3) is 0 Å². The summed E-state index contributed by atoms with van der Waals surface area (Å²) in [6.45, 7) is 2.67. The van der Waals surface area contributed by atoms with Gasteiger partial charge in [-0.15, -0.1) is 0 Å². The Hall–Kier alpha value is -1.81. The molecule has 0 atom stereocenters. The molecule has 0 bridgehead atoms. The van der Waals surface area contributed by atoms with Gasteiger partial charge in [-0.2, -0.15) is 4.31 Å². The van der Waals surface area contributed by atoms with E-state index in [1.54, 1.807) is 0 Å². The fourth-order valence-electron chi connectivity index (χ4n) is 2.90. The van der Waals surface area contributed by atoms with Crippen molar-refractivity contribution in [2.45, 2.75) is 11.4 Å². The van der Waals surface area contributed by atoms with Crippen molar-refractivity contribution in [1.82, 2.24) is 9.21 Å². The molecule has 9 heteroatoms. The summed E-state index contributed by atoms with van der Waals surface area (Å²) in [5.74, 6) is 0. The van der Waals surface area contributed by atoms with Gasteiger partial charge < -0.3 is 0 Å². The summed E-state index contributed by atoms with van der Waals surface area (Å²) in [4.78, 5) is 12.5. The quantitative estimate of drug-likeness (QED) is 0.528. The van der Waals surface area contributed by atoms with Gasteiger partial charge in [0.05, 0.1) is 9.82 Å². The zero-order chi connectivity index (χ0) is 18.7. The lowest BCUT2D eigenvalue weighted by Gasteiger charge is -2.34. The number of hydrogen-bond acceptors (Lipinski definition) is 5. The highest BCUT2D eigenvalue weighted by Gasteiger charge is 2.29. The molecule has 3 rings (SSSR count). The van der Waals surface area contributed by atoms with Crippen LogP contribution in [0, 0.1) is 10.1 Å². The number of rotatable bonds is 5. The van der Waals surface area contributed by atoms with Gasteiger partial charge in [-0.25, -0.2) is 8.42 Å². The first-order chi connectivity index (χ1) is 12.4. The normalized spacial score (nSPS) is 16.5. The van der Waals surface area contributed by atoms with E-state index in [4.69, 9.17) is 0 Å². The largest absolute Gasteiger partial charge is 0.296 e. The van der Waals surface area contributed by atoms with Crippen LogP contribution in [-0.4, -0.2) is 48.7 Å². The number of nitro benzene ring substituents is 1. The van der Waals surface area contributed by atoms with E-state index in [9.17, 15) is 18.5 Å². The average molecular weight is 440 g/mol. The van der Waals surface area contributed by atoms with Gasteiger partial charge in [0.15, 0.2) is 0 Å². The number of piperazine rings is 1. The van der Waals surface area contributed by atoms with Crippen LogP contribution in [-0.2, 0) is 16.6 Å². The second kappa shape index (κ2) is 7.83. The predicted molar refractivity (Wildman–Crippen MR) is 101 cm³/mol. The lowest BCUT2D eigenvalue weighted by Crippen LogP contribution is -2.48. The van der Waals surface area contributed by atoms with Crippen LogP contribution in [0.15, 0.2) is 57.9 Å². The van der Waals surface area contributed by atoms with Crippen molar-refractivity contribution in [3.05, 3.63) is 68.7 Å². The number of non-ortho nitro benzene ring substituents is 1. The molecule has 2 aromatic rings. The first kappa shape index (κ1) is 19.0. The molecule has 1 saturated heterocycles. The van der Waals surface area contributed by atoms with Gasteiger partial charge in [0, 0.05) is 49.3 Å². The molecule has 138 valence electrons. The van der Waals surface area contributed by atoms with E-state index >= 15 is 0 Å². The van der Waals surface area contributed by atoms with Crippen LogP contribution in [0.3, 0.4) is 0 Å². The SMILES string of the molecule is O=[N+]([O-])c1cccc(S(=O)(=O)N2CCN(Cc3ccccc3Br)CC2)c1. The predicted octanol–water partition coefficient (Wildman–Crippen LogP) is 2.86. The van der Waals surface area contributed by atoms with E-state index in [0.717, 1.165) is 22.6 Å². The minimum Gasteiger partial charge on any atom is -0.296 e. The fourth-order valence-corrected chi connectivity index (χ4v) is 4.77. The third-order valence-electron chi connectivity index (χ3n) is 4.35. The molecule has 0 aliphatic carbocycles. The van der Waals surface area contributed by atoms with Crippen molar-refractivity contribution in [3.8, 4) is 0 Å². The van der Waals surface area contributed by atoms with Gasteiger partial charge in [0.1, 0.15) is 0 Å². The maximum atomic E-state index is 12.8. The van der Waals surface area contributed by atoms with Crippen LogP contribution >= 0.6 is 15.9 Å². The van der Waals surface area contributed by atoms with Crippen molar-refractivity contribution in [3.63, 3.8) is 0 Å². The van der Waals surface area contributed by atoms with Crippen molar-refractivity contribution in [1.29, 1.82) is 0 Å². The average Bonchev–Trinajstić information content (AvgIpc) is 2.64. The molecule has 1 heterocycles.